The Morgan fingerprint density at radius 1 is 0.939 bits per heavy atom. The molecular formula is C35H36F3N5O5S. The molecule has 0 aliphatic carbocycles. The van der Waals surface area contributed by atoms with Crippen molar-refractivity contribution in [2.24, 2.45) is 0 Å². The number of benzene rings is 3. The molecule has 49 heavy (non-hydrogen) atoms. The van der Waals surface area contributed by atoms with Crippen LogP contribution in [0.15, 0.2) is 84.9 Å². The minimum Gasteiger partial charge on any atom is -0.490 e. The van der Waals surface area contributed by atoms with Gasteiger partial charge in [0.05, 0.1) is 11.4 Å². The number of nitrogens with one attached hydrogen (secondary N) is 2. The lowest BCUT2D eigenvalue weighted by Gasteiger charge is -2.32. The number of amides is 1. The Labute approximate surface area is 282 Å². The molecule has 1 atom stereocenters. The topological polar surface area (TPSA) is 123 Å². The number of likely N-dealkylation sites (tertiary alicyclic amines) is 1. The van der Waals surface area contributed by atoms with Gasteiger partial charge in [0.1, 0.15) is 18.1 Å². The third-order valence-electron chi connectivity index (χ3n) is 8.58. The maximum absolute atomic E-state index is 13.6. The van der Waals surface area contributed by atoms with Crippen LogP contribution >= 0.6 is 0 Å². The van der Waals surface area contributed by atoms with E-state index in [-0.39, 0.29) is 35.2 Å². The first-order valence-electron chi connectivity index (χ1n) is 16.0. The molecule has 6 rings (SSSR count). The number of halogens is 3. The molecule has 2 fully saturated rings. The summed E-state index contributed by atoms with van der Waals surface area (Å²) in [5, 5.41) is 10.0. The number of ether oxygens (including phenoxy) is 2. The number of piperidine rings is 1. The Kier molecular flexibility index (Phi) is 10.3. The molecular weight excluding hydrogens is 659 g/mol. The first kappa shape index (κ1) is 34.2. The average Bonchev–Trinajstić information content (AvgIpc) is 3.62. The van der Waals surface area contributed by atoms with Crippen LogP contribution in [0.4, 0.5) is 18.9 Å². The average molecular weight is 696 g/mol. The molecule has 0 saturated carbocycles. The lowest BCUT2D eigenvalue weighted by molar-refractivity contribution is -0.141. The van der Waals surface area contributed by atoms with Crippen LogP contribution < -0.4 is 19.5 Å². The van der Waals surface area contributed by atoms with E-state index >= 15 is 0 Å². The molecule has 4 aromatic rings. The highest BCUT2D eigenvalue weighted by molar-refractivity contribution is 7.91. The number of rotatable bonds is 11. The van der Waals surface area contributed by atoms with Gasteiger partial charge in [0.25, 0.3) is 5.91 Å². The number of hydrogen-bond acceptors (Lipinski definition) is 8. The van der Waals surface area contributed by atoms with Crippen LogP contribution in [0, 0.1) is 0 Å². The zero-order chi connectivity index (χ0) is 34.4. The lowest BCUT2D eigenvalue weighted by atomic mass is 9.89. The van der Waals surface area contributed by atoms with Crippen molar-refractivity contribution >= 4 is 21.6 Å². The maximum Gasteiger partial charge on any atom is 0.435 e. The number of hydrogen-bond donors (Lipinski definition) is 2. The minimum atomic E-state index is -4.58. The summed E-state index contributed by atoms with van der Waals surface area (Å²) in [4.78, 5) is 15.4. The Hall–Kier alpha value is -4.69. The second kappa shape index (κ2) is 14.8. The highest BCUT2D eigenvalue weighted by Crippen LogP contribution is 2.33. The number of sulfonamides is 1. The van der Waals surface area contributed by atoms with Crippen molar-refractivity contribution in [3.63, 3.8) is 0 Å². The number of alkyl halides is 3. The summed E-state index contributed by atoms with van der Waals surface area (Å²) in [5.41, 5.74) is 1.17. The highest BCUT2D eigenvalue weighted by Gasteiger charge is 2.33. The van der Waals surface area contributed by atoms with E-state index in [1.54, 1.807) is 59.5 Å². The number of anilines is 1. The molecule has 14 heteroatoms. The molecule has 10 nitrogen and oxygen atoms in total. The first-order chi connectivity index (χ1) is 23.5. The summed E-state index contributed by atoms with van der Waals surface area (Å²) in [7, 11) is -3.81. The molecule has 0 spiro atoms. The molecule has 1 aromatic heterocycles. The Balaban J connectivity index is 1.09. The SMILES string of the molecule is O=C(c1ccc(OCC2CCCN2)c(NS(=O)(=O)Cc2ccccc2)c1)N1CCC(c2ccc(Oc3ccc(C(F)(F)F)nn3)cc2)CC1. The molecule has 3 aromatic carbocycles. The molecule has 2 N–H and O–H groups in total. The third kappa shape index (κ3) is 9.06. The van der Waals surface area contributed by atoms with Crippen LogP contribution in [-0.2, 0) is 22.0 Å². The van der Waals surface area contributed by atoms with Crippen LogP contribution in [0.5, 0.6) is 17.4 Å². The van der Waals surface area contributed by atoms with Crippen LogP contribution in [0.3, 0.4) is 0 Å². The Morgan fingerprint density at radius 3 is 2.35 bits per heavy atom. The predicted octanol–water partition coefficient (Wildman–Crippen LogP) is 6.38. The van der Waals surface area contributed by atoms with Crippen molar-refractivity contribution in [1.82, 2.24) is 20.4 Å². The van der Waals surface area contributed by atoms with Gasteiger partial charge in [0.15, 0.2) is 5.69 Å². The highest BCUT2D eigenvalue weighted by atomic mass is 32.2. The van der Waals surface area contributed by atoms with E-state index in [0.717, 1.165) is 37.1 Å². The summed E-state index contributed by atoms with van der Waals surface area (Å²) >= 11 is 0. The molecule has 2 aliphatic rings. The predicted molar refractivity (Wildman–Crippen MR) is 177 cm³/mol. The van der Waals surface area contributed by atoms with Crippen molar-refractivity contribution in [1.29, 1.82) is 0 Å². The quantitative estimate of drug-likeness (QED) is 0.185. The number of nitrogens with zero attached hydrogens (tertiary/aromatic N) is 3. The van der Waals surface area contributed by atoms with Gasteiger partial charge in [-0.05, 0) is 85.7 Å². The number of carbonyl (C=O) groups is 1. The van der Waals surface area contributed by atoms with E-state index in [9.17, 15) is 26.4 Å². The van der Waals surface area contributed by atoms with Crippen molar-refractivity contribution in [3.8, 4) is 17.4 Å². The lowest BCUT2D eigenvalue weighted by Crippen LogP contribution is -2.38. The zero-order valence-electron chi connectivity index (χ0n) is 26.5. The van der Waals surface area contributed by atoms with Gasteiger partial charge in [0.2, 0.25) is 15.9 Å². The van der Waals surface area contributed by atoms with Crippen LogP contribution in [0.1, 0.15) is 58.8 Å². The van der Waals surface area contributed by atoms with Gasteiger partial charge in [-0.3, -0.25) is 9.52 Å². The maximum atomic E-state index is 13.6. The minimum absolute atomic E-state index is 0.0508. The molecule has 1 amide bonds. The fourth-order valence-corrected chi connectivity index (χ4v) is 7.21. The van der Waals surface area contributed by atoms with Crippen molar-refractivity contribution in [3.05, 3.63) is 107 Å². The molecule has 1 unspecified atom stereocenters. The zero-order valence-corrected chi connectivity index (χ0v) is 27.3. The molecule has 2 aliphatic heterocycles. The molecule has 0 bridgehead atoms. The standard InChI is InChI=1S/C35H36F3N5O5S/c36-35(37,38)32-14-15-33(41-40-32)48-29-11-8-25(9-12-29)26-16-19-43(20-17-26)34(44)27-10-13-31(47-22-28-7-4-18-39-28)30(21-27)42-49(45,46)23-24-5-2-1-3-6-24/h1-3,5-6,8-15,21,26,28,39,42H,4,7,16-20,22-23H2. The van der Waals surface area contributed by atoms with Crippen LogP contribution in [0.2, 0.25) is 0 Å². The van der Waals surface area contributed by atoms with Crippen LogP contribution in [0.25, 0.3) is 0 Å². The number of carbonyl (C=O) groups excluding carboxylic acids is 1. The van der Waals surface area contributed by atoms with E-state index in [2.05, 4.69) is 20.2 Å². The monoisotopic (exact) mass is 695 g/mol. The summed E-state index contributed by atoms with van der Waals surface area (Å²) in [6, 6.07) is 23.1. The largest absolute Gasteiger partial charge is 0.490 e. The molecule has 258 valence electrons. The van der Waals surface area contributed by atoms with Crippen molar-refractivity contribution in [2.45, 2.75) is 49.6 Å². The van der Waals surface area contributed by atoms with E-state index in [0.29, 0.717) is 55.2 Å². The van der Waals surface area contributed by atoms with Gasteiger partial charge in [-0.1, -0.05) is 42.5 Å². The fraction of sp³-hybridized carbons (Fsp3) is 0.343. The summed E-state index contributed by atoms with van der Waals surface area (Å²) in [6.45, 7) is 2.30. The summed E-state index contributed by atoms with van der Waals surface area (Å²) < 4.78 is 78.8. The Bertz CT molecular complexity index is 1830. The summed E-state index contributed by atoms with van der Waals surface area (Å²) in [6.07, 6.45) is -1.14. The van der Waals surface area contributed by atoms with Gasteiger partial charge in [0, 0.05) is 30.8 Å². The van der Waals surface area contributed by atoms with Crippen molar-refractivity contribution < 1.29 is 35.9 Å². The third-order valence-corrected chi connectivity index (χ3v) is 9.82. The van der Waals surface area contributed by atoms with E-state index in [1.165, 1.54) is 0 Å². The number of aromatic nitrogens is 2. The van der Waals surface area contributed by atoms with Crippen LogP contribution in [-0.4, -0.2) is 61.7 Å². The fourth-order valence-electron chi connectivity index (χ4n) is 6.01. The van der Waals surface area contributed by atoms with E-state index in [4.69, 9.17) is 9.47 Å². The van der Waals surface area contributed by atoms with Gasteiger partial charge < -0.3 is 19.7 Å². The second-order valence-electron chi connectivity index (χ2n) is 12.2. The van der Waals surface area contributed by atoms with E-state index < -0.39 is 21.9 Å². The second-order valence-corrected chi connectivity index (χ2v) is 13.9. The van der Waals surface area contributed by atoms with E-state index in [1.807, 2.05) is 18.2 Å². The Morgan fingerprint density at radius 2 is 1.69 bits per heavy atom. The van der Waals surface area contributed by atoms with Crippen molar-refractivity contribution in [2.75, 3.05) is 31.0 Å². The van der Waals surface area contributed by atoms with Gasteiger partial charge in [-0.15, -0.1) is 10.2 Å². The van der Waals surface area contributed by atoms with Gasteiger partial charge in [-0.25, -0.2) is 8.42 Å². The molecule has 3 heterocycles. The molecule has 2 saturated heterocycles. The smallest absolute Gasteiger partial charge is 0.435 e. The normalized spacial score (nSPS) is 17.1. The first-order valence-corrected chi connectivity index (χ1v) is 17.7. The van der Waals surface area contributed by atoms with Gasteiger partial charge >= 0.3 is 6.18 Å². The molecule has 0 radical (unpaired) electrons. The summed E-state index contributed by atoms with van der Waals surface area (Å²) in [5.74, 6) is 0.479. The van der Waals surface area contributed by atoms with Gasteiger partial charge in [-0.2, -0.15) is 13.2 Å².